The van der Waals surface area contributed by atoms with Crippen LogP contribution in [-0.4, -0.2) is 44.8 Å². The van der Waals surface area contributed by atoms with Crippen LogP contribution in [-0.2, 0) is 22.8 Å². The van der Waals surface area contributed by atoms with Crippen molar-refractivity contribution in [3.63, 3.8) is 0 Å². The number of hydrogen-bond acceptors (Lipinski definition) is 9. The maximum absolute atomic E-state index is 11.2. The highest BCUT2D eigenvalue weighted by molar-refractivity contribution is 7.13. The third kappa shape index (κ3) is 5.00. The molecule has 0 aliphatic heterocycles. The number of anilines is 2. The van der Waals surface area contributed by atoms with E-state index >= 15 is 0 Å². The van der Waals surface area contributed by atoms with Crippen molar-refractivity contribution in [2.75, 3.05) is 17.7 Å². The summed E-state index contributed by atoms with van der Waals surface area (Å²) in [5, 5.41) is 22.0. The van der Waals surface area contributed by atoms with E-state index in [4.69, 9.17) is 15.3 Å². The van der Waals surface area contributed by atoms with E-state index < -0.39 is 14.5 Å². The largest absolute Gasteiger partial charge is 0.415 e. The number of nitrogens with two attached hydrogens (primary N) is 1. The fraction of sp³-hybridized carbons (Fsp3) is 0.583. The lowest BCUT2D eigenvalue weighted by molar-refractivity contribution is 0.198. The Hall–Kier alpha value is -2.34. The van der Waals surface area contributed by atoms with E-state index in [1.54, 1.807) is 6.20 Å². The molecule has 35 heavy (non-hydrogen) atoms. The van der Waals surface area contributed by atoms with Crippen molar-refractivity contribution < 1.29 is 9.53 Å². The Kier molecular flexibility index (Phi) is 6.58. The van der Waals surface area contributed by atoms with E-state index in [-0.39, 0.29) is 16.4 Å². The predicted molar refractivity (Wildman–Crippen MR) is 143 cm³/mol. The topological polar surface area (TPSA) is 124 Å². The molecule has 0 bridgehead atoms. The minimum atomic E-state index is -1.92. The van der Waals surface area contributed by atoms with Crippen molar-refractivity contribution in [2.24, 2.45) is 0 Å². The Morgan fingerprint density at radius 3 is 2.66 bits per heavy atom. The number of nitrogen functional groups attached to an aromatic ring is 1. The lowest BCUT2D eigenvalue weighted by Gasteiger charge is -2.36. The number of aliphatic hydroxyl groups excluding tert-OH is 1. The molecule has 0 fully saturated rings. The molecule has 1 aliphatic carbocycles. The van der Waals surface area contributed by atoms with Crippen LogP contribution in [0.15, 0.2) is 11.6 Å². The lowest BCUT2D eigenvalue weighted by atomic mass is 9.73. The van der Waals surface area contributed by atoms with Crippen molar-refractivity contribution in [2.45, 2.75) is 84.3 Å². The first-order valence-corrected chi connectivity index (χ1v) is 15.7. The van der Waals surface area contributed by atoms with E-state index in [1.807, 2.05) is 17.0 Å². The van der Waals surface area contributed by atoms with Gasteiger partial charge in [0.25, 0.3) is 0 Å². The predicted octanol–water partition coefficient (Wildman–Crippen LogP) is 4.65. The summed E-state index contributed by atoms with van der Waals surface area (Å²) < 4.78 is 8.37. The average Bonchev–Trinajstić information content (AvgIpc) is 3.32. The summed E-state index contributed by atoms with van der Waals surface area (Å²) in [5.74, 6) is 0.221. The van der Waals surface area contributed by atoms with Crippen LogP contribution in [0.4, 0.5) is 11.1 Å². The molecule has 0 aromatic carbocycles. The summed E-state index contributed by atoms with van der Waals surface area (Å²) in [6.07, 6.45) is 1.51. The zero-order chi connectivity index (χ0) is 25.8. The highest BCUT2D eigenvalue weighted by atomic mass is 32.1. The first-order valence-electron chi connectivity index (χ1n) is 11.9. The number of hydrogen-bond donors (Lipinski definition) is 3. The highest BCUT2D eigenvalue weighted by Crippen LogP contribution is 2.45. The van der Waals surface area contributed by atoms with Crippen molar-refractivity contribution >= 4 is 30.7 Å². The molecule has 0 saturated carbocycles. The number of rotatable bonds is 7. The summed E-state index contributed by atoms with van der Waals surface area (Å²) >= 11 is 1.46. The Morgan fingerprint density at radius 2 is 2.03 bits per heavy atom. The Balaban J connectivity index is 1.76. The number of aryl methyl sites for hydroxylation is 1. The normalized spacial score (nSPS) is 16.0. The number of fused-ring (bicyclic) bond motifs is 3. The lowest BCUT2D eigenvalue weighted by Crippen LogP contribution is -2.41. The van der Waals surface area contributed by atoms with Crippen molar-refractivity contribution in [1.82, 2.24) is 24.7 Å². The number of aliphatic hydroxyl groups is 1. The summed E-state index contributed by atoms with van der Waals surface area (Å²) in [4.78, 5) is 13.3. The van der Waals surface area contributed by atoms with Crippen LogP contribution in [0.5, 0.6) is 0 Å². The van der Waals surface area contributed by atoms with Gasteiger partial charge < -0.3 is 20.6 Å². The van der Waals surface area contributed by atoms with Gasteiger partial charge in [-0.05, 0) is 42.5 Å². The zero-order valence-corrected chi connectivity index (χ0v) is 23.7. The molecule has 0 radical (unpaired) electrons. The van der Waals surface area contributed by atoms with E-state index in [9.17, 15) is 5.11 Å². The second kappa shape index (κ2) is 8.95. The second-order valence-electron chi connectivity index (χ2n) is 11.4. The van der Waals surface area contributed by atoms with Gasteiger partial charge in [-0.1, -0.05) is 34.6 Å². The quantitative estimate of drug-likeness (QED) is 0.307. The van der Waals surface area contributed by atoms with Crippen LogP contribution in [0.2, 0.25) is 18.1 Å². The molecular weight excluding hydrogens is 478 g/mol. The fourth-order valence-corrected chi connectivity index (χ4v) is 6.02. The summed E-state index contributed by atoms with van der Waals surface area (Å²) in [6, 6.07) is 0. The molecule has 3 heterocycles. The van der Waals surface area contributed by atoms with Gasteiger partial charge in [0.05, 0.1) is 30.2 Å². The molecule has 190 valence electrons. The molecule has 3 aromatic heterocycles. The molecule has 1 atom stereocenters. The Morgan fingerprint density at radius 1 is 1.31 bits per heavy atom. The first-order chi connectivity index (χ1) is 16.2. The molecule has 0 amide bonds. The summed E-state index contributed by atoms with van der Waals surface area (Å²) in [6.45, 7) is 18.5. The third-order valence-corrected chi connectivity index (χ3v) is 12.5. The molecule has 1 unspecified atom stereocenters. The standard InChI is InChI=1S/C24H37N7O2SSi/c1-14-13-34-22(27-14)29-20(32)18-16-19(17-15(11-24(16,5)6)12-26-21(25)28-17)31(30-18)9-10-33-35(7,8)23(2,3)4/h12-13,20,32H,9-11H2,1-8H3,(H,27,29)(H2,25,26,28). The fourth-order valence-electron chi connectivity index (χ4n) is 4.27. The summed E-state index contributed by atoms with van der Waals surface area (Å²) in [5.41, 5.74) is 10.8. The van der Waals surface area contributed by atoms with Crippen LogP contribution in [0.1, 0.15) is 63.4 Å². The highest BCUT2D eigenvalue weighted by Gasteiger charge is 2.41. The van der Waals surface area contributed by atoms with Crippen LogP contribution in [0, 0.1) is 6.92 Å². The van der Waals surface area contributed by atoms with Gasteiger partial charge in [0.15, 0.2) is 19.7 Å². The maximum Gasteiger partial charge on any atom is 0.220 e. The molecule has 11 heteroatoms. The van der Waals surface area contributed by atoms with Crippen LogP contribution >= 0.6 is 11.3 Å². The van der Waals surface area contributed by atoms with E-state index in [0.717, 1.165) is 34.6 Å². The van der Waals surface area contributed by atoms with Gasteiger partial charge in [0.1, 0.15) is 5.69 Å². The van der Waals surface area contributed by atoms with Gasteiger partial charge in [-0.15, -0.1) is 11.3 Å². The Labute approximate surface area is 212 Å². The van der Waals surface area contributed by atoms with Crippen molar-refractivity contribution in [1.29, 1.82) is 0 Å². The molecule has 9 nitrogen and oxygen atoms in total. The minimum absolute atomic E-state index is 0.115. The average molecular weight is 516 g/mol. The minimum Gasteiger partial charge on any atom is -0.415 e. The second-order valence-corrected chi connectivity index (χ2v) is 17.1. The van der Waals surface area contributed by atoms with Gasteiger partial charge in [-0.25, -0.2) is 15.0 Å². The molecule has 3 aromatic rings. The summed E-state index contributed by atoms with van der Waals surface area (Å²) in [7, 11) is -1.92. The van der Waals surface area contributed by atoms with E-state index in [0.29, 0.717) is 24.0 Å². The molecule has 4 N–H and O–H groups in total. The van der Waals surface area contributed by atoms with Crippen molar-refractivity contribution in [3.8, 4) is 11.4 Å². The molecule has 1 aliphatic rings. The molecule has 0 saturated heterocycles. The van der Waals surface area contributed by atoms with Gasteiger partial charge >= 0.3 is 0 Å². The number of nitrogens with one attached hydrogen (secondary N) is 1. The molecule has 4 rings (SSSR count). The number of thiazole rings is 1. The van der Waals surface area contributed by atoms with Gasteiger partial charge in [-0.2, -0.15) is 5.10 Å². The van der Waals surface area contributed by atoms with Gasteiger partial charge in [0, 0.05) is 17.1 Å². The molecular formula is C24H37N7O2SSi. The number of nitrogens with zero attached hydrogens (tertiary/aromatic N) is 5. The van der Waals surface area contributed by atoms with Crippen molar-refractivity contribution in [3.05, 3.63) is 34.1 Å². The van der Waals surface area contributed by atoms with Crippen LogP contribution < -0.4 is 11.1 Å². The van der Waals surface area contributed by atoms with Gasteiger partial charge in [0.2, 0.25) is 5.95 Å². The van der Waals surface area contributed by atoms with Crippen LogP contribution in [0.3, 0.4) is 0 Å². The Bertz CT molecular complexity index is 1230. The van der Waals surface area contributed by atoms with Gasteiger partial charge in [-0.3, -0.25) is 4.68 Å². The first kappa shape index (κ1) is 25.7. The third-order valence-electron chi connectivity index (χ3n) is 7.11. The maximum atomic E-state index is 11.2. The molecule has 0 spiro atoms. The van der Waals surface area contributed by atoms with E-state index in [2.05, 4.69) is 68.0 Å². The monoisotopic (exact) mass is 515 g/mol. The van der Waals surface area contributed by atoms with Crippen LogP contribution in [0.25, 0.3) is 11.4 Å². The van der Waals surface area contributed by atoms with E-state index in [1.165, 1.54) is 11.3 Å². The smallest absolute Gasteiger partial charge is 0.220 e. The SMILES string of the molecule is Cc1csc(NC(O)c2nn(CCO[Si](C)(C)C(C)(C)C)c3c2C(C)(C)Cc2cnc(N)nc2-3)n1. The number of aromatic nitrogens is 5. The zero-order valence-electron chi connectivity index (χ0n) is 21.9.